The van der Waals surface area contributed by atoms with Crippen molar-refractivity contribution in [2.45, 2.75) is 24.5 Å². The highest BCUT2D eigenvalue weighted by molar-refractivity contribution is 7.89. The fourth-order valence-electron chi connectivity index (χ4n) is 3.71. The fraction of sp³-hybridized carbons (Fsp3) is 0.125. The molecule has 4 rings (SSSR count). The SMILES string of the molecule is Cc1ccc(-c2c(-c3ccccc3S(N)(=O)=O)nn(Cc3ccccc3)c2C(F)(F)F)cc1. The van der Waals surface area contributed by atoms with Crippen LogP contribution < -0.4 is 5.14 Å². The maximum Gasteiger partial charge on any atom is 0.433 e. The van der Waals surface area contributed by atoms with E-state index in [0.717, 1.165) is 10.2 Å². The quantitative estimate of drug-likeness (QED) is 0.432. The van der Waals surface area contributed by atoms with Gasteiger partial charge < -0.3 is 0 Å². The number of hydrogen-bond donors (Lipinski definition) is 1. The average Bonchev–Trinajstić information content (AvgIpc) is 3.14. The predicted molar refractivity (Wildman–Crippen MR) is 120 cm³/mol. The molecule has 0 saturated heterocycles. The Morgan fingerprint density at radius 3 is 2.12 bits per heavy atom. The molecule has 0 bridgehead atoms. The molecule has 0 saturated carbocycles. The number of aryl methyl sites for hydroxylation is 1. The molecule has 4 aromatic rings. The maximum atomic E-state index is 14.4. The molecule has 1 heterocycles. The largest absolute Gasteiger partial charge is 0.433 e. The zero-order valence-corrected chi connectivity index (χ0v) is 18.4. The Kier molecular flexibility index (Phi) is 5.85. The molecule has 0 unspecified atom stereocenters. The lowest BCUT2D eigenvalue weighted by atomic mass is 9.97. The van der Waals surface area contributed by atoms with Crippen LogP contribution in [0.15, 0.2) is 83.8 Å². The van der Waals surface area contributed by atoms with Gasteiger partial charge in [0, 0.05) is 11.1 Å². The summed E-state index contributed by atoms with van der Waals surface area (Å²) in [5, 5.41) is 9.66. The predicted octanol–water partition coefficient (Wildman–Crippen LogP) is 5.24. The lowest BCUT2D eigenvalue weighted by molar-refractivity contribution is -0.143. The summed E-state index contributed by atoms with van der Waals surface area (Å²) < 4.78 is 68.6. The summed E-state index contributed by atoms with van der Waals surface area (Å²) in [4.78, 5) is -0.295. The minimum Gasteiger partial charge on any atom is -0.255 e. The number of halogens is 3. The van der Waals surface area contributed by atoms with Gasteiger partial charge >= 0.3 is 6.18 Å². The molecule has 0 spiro atoms. The van der Waals surface area contributed by atoms with Crippen molar-refractivity contribution in [3.8, 4) is 22.4 Å². The molecule has 0 atom stereocenters. The molecule has 33 heavy (non-hydrogen) atoms. The van der Waals surface area contributed by atoms with Crippen LogP contribution in [0.4, 0.5) is 13.2 Å². The third-order valence-electron chi connectivity index (χ3n) is 5.19. The first kappa shape index (κ1) is 22.8. The molecule has 0 aliphatic carbocycles. The summed E-state index contributed by atoms with van der Waals surface area (Å²) in [5.74, 6) is 0. The summed E-state index contributed by atoms with van der Waals surface area (Å²) in [6.45, 7) is 1.68. The molecular formula is C24H20F3N3O2S. The third-order valence-corrected chi connectivity index (χ3v) is 6.15. The molecular weight excluding hydrogens is 451 g/mol. The van der Waals surface area contributed by atoms with E-state index in [1.54, 1.807) is 54.6 Å². The highest BCUT2D eigenvalue weighted by atomic mass is 32.2. The van der Waals surface area contributed by atoms with Gasteiger partial charge in [-0.2, -0.15) is 18.3 Å². The van der Waals surface area contributed by atoms with E-state index < -0.39 is 21.9 Å². The normalized spacial score (nSPS) is 12.2. The minimum absolute atomic E-state index is 0.00730. The van der Waals surface area contributed by atoms with Crippen LogP contribution in [0.2, 0.25) is 0 Å². The number of rotatable bonds is 5. The topological polar surface area (TPSA) is 78.0 Å². The van der Waals surface area contributed by atoms with E-state index >= 15 is 0 Å². The molecule has 170 valence electrons. The van der Waals surface area contributed by atoms with E-state index in [2.05, 4.69) is 5.10 Å². The number of aromatic nitrogens is 2. The Morgan fingerprint density at radius 2 is 1.52 bits per heavy atom. The molecule has 0 radical (unpaired) electrons. The van der Waals surface area contributed by atoms with E-state index in [1.165, 1.54) is 24.3 Å². The second-order valence-electron chi connectivity index (χ2n) is 7.62. The van der Waals surface area contributed by atoms with Crippen LogP contribution >= 0.6 is 0 Å². The van der Waals surface area contributed by atoms with E-state index in [9.17, 15) is 21.6 Å². The second kappa shape index (κ2) is 8.49. The van der Waals surface area contributed by atoms with Crippen LogP contribution in [-0.4, -0.2) is 18.2 Å². The number of primary sulfonamides is 1. The highest BCUT2D eigenvalue weighted by Gasteiger charge is 2.41. The first-order chi connectivity index (χ1) is 15.6. The number of hydrogen-bond acceptors (Lipinski definition) is 3. The fourth-order valence-corrected chi connectivity index (χ4v) is 4.45. The van der Waals surface area contributed by atoms with Gasteiger partial charge in [0.05, 0.1) is 11.4 Å². The van der Waals surface area contributed by atoms with E-state index in [4.69, 9.17) is 5.14 Å². The molecule has 2 N–H and O–H groups in total. The van der Waals surface area contributed by atoms with Crippen LogP contribution in [0.25, 0.3) is 22.4 Å². The highest BCUT2D eigenvalue weighted by Crippen LogP contribution is 2.44. The van der Waals surface area contributed by atoms with Crippen molar-refractivity contribution >= 4 is 10.0 Å². The third kappa shape index (κ3) is 4.69. The molecule has 9 heteroatoms. The monoisotopic (exact) mass is 471 g/mol. The van der Waals surface area contributed by atoms with Gasteiger partial charge in [-0.25, -0.2) is 13.6 Å². The van der Waals surface area contributed by atoms with Crippen LogP contribution in [-0.2, 0) is 22.7 Å². The smallest absolute Gasteiger partial charge is 0.255 e. The Hall–Kier alpha value is -3.43. The van der Waals surface area contributed by atoms with Crippen LogP contribution in [0, 0.1) is 6.92 Å². The number of nitrogens with two attached hydrogens (primary N) is 1. The summed E-state index contributed by atoms with van der Waals surface area (Å²) >= 11 is 0. The molecule has 0 aliphatic heterocycles. The molecule has 1 aromatic heterocycles. The van der Waals surface area contributed by atoms with Gasteiger partial charge in [0.1, 0.15) is 5.69 Å². The zero-order chi connectivity index (χ0) is 23.8. The van der Waals surface area contributed by atoms with Crippen molar-refractivity contribution in [3.05, 3.63) is 95.7 Å². The Morgan fingerprint density at radius 1 is 0.909 bits per heavy atom. The van der Waals surface area contributed by atoms with Crippen molar-refractivity contribution in [1.82, 2.24) is 9.78 Å². The first-order valence-corrected chi connectivity index (χ1v) is 11.5. The number of sulfonamides is 1. The summed E-state index contributed by atoms with van der Waals surface area (Å²) in [5.41, 5.74) is 0.498. The Labute approximate surface area is 189 Å². The van der Waals surface area contributed by atoms with Gasteiger partial charge in [-0.3, -0.25) is 4.68 Å². The molecule has 0 amide bonds. The van der Waals surface area contributed by atoms with Crippen molar-refractivity contribution < 1.29 is 21.6 Å². The molecule has 5 nitrogen and oxygen atoms in total. The first-order valence-electron chi connectivity index (χ1n) is 9.97. The number of benzene rings is 3. The van der Waals surface area contributed by atoms with E-state index in [-0.39, 0.29) is 33.8 Å². The number of nitrogens with zero attached hydrogens (tertiary/aromatic N) is 2. The standard InChI is InChI=1S/C24H20F3N3O2S/c1-16-11-13-18(14-12-16)21-22(19-9-5-6-10-20(19)33(28,31)32)29-30(23(21)24(25,26)27)15-17-7-3-2-4-8-17/h2-14H,15H2,1H3,(H2,28,31,32). The maximum absolute atomic E-state index is 14.4. The molecule has 0 fully saturated rings. The van der Waals surface area contributed by atoms with Crippen molar-refractivity contribution in [2.75, 3.05) is 0 Å². The lowest BCUT2D eigenvalue weighted by Gasteiger charge is -2.14. The number of alkyl halides is 3. The summed E-state index contributed by atoms with van der Waals surface area (Å²) in [7, 11) is -4.22. The van der Waals surface area contributed by atoms with Gasteiger partial charge in [0.25, 0.3) is 0 Å². The van der Waals surface area contributed by atoms with Gasteiger partial charge in [-0.1, -0.05) is 78.4 Å². The minimum atomic E-state index is -4.75. The Balaban J connectivity index is 2.07. The van der Waals surface area contributed by atoms with Crippen molar-refractivity contribution in [3.63, 3.8) is 0 Å². The van der Waals surface area contributed by atoms with Gasteiger partial charge in [-0.05, 0) is 24.1 Å². The average molecular weight is 472 g/mol. The van der Waals surface area contributed by atoms with Crippen LogP contribution in [0.1, 0.15) is 16.8 Å². The van der Waals surface area contributed by atoms with Crippen LogP contribution in [0.5, 0.6) is 0 Å². The van der Waals surface area contributed by atoms with Gasteiger partial charge in [-0.15, -0.1) is 0 Å². The van der Waals surface area contributed by atoms with Crippen molar-refractivity contribution in [2.24, 2.45) is 5.14 Å². The van der Waals surface area contributed by atoms with E-state index in [1.807, 2.05) is 6.92 Å². The van der Waals surface area contributed by atoms with Crippen LogP contribution in [0.3, 0.4) is 0 Å². The van der Waals surface area contributed by atoms with Gasteiger partial charge in [0.2, 0.25) is 10.0 Å². The lowest BCUT2D eigenvalue weighted by Crippen LogP contribution is -2.16. The second-order valence-corrected chi connectivity index (χ2v) is 9.15. The summed E-state index contributed by atoms with van der Waals surface area (Å²) in [6.07, 6.45) is -4.75. The summed E-state index contributed by atoms with van der Waals surface area (Å²) in [6, 6.07) is 20.8. The molecule has 0 aliphatic rings. The Bertz CT molecular complexity index is 1400. The van der Waals surface area contributed by atoms with Gasteiger partial charge in [0.15, 0.2) is 5.69 Å². The zero-order valence-electron chi connectivity index (χ0n) is 17.5. The molecule has 3 aromatic carbocycles. The van der Waals surface area contributed by atoms with E-state index in [0.29, 0.717) is 5.56 Å². The van der Waals surface area contributed by atoms with Crippen molar-refractivity contribution in [1.29, 1.82) is 0 Å².